The smallest absolute Gasteiger partial charge is 0.328 e. The third-order valence-electron chi connectivity index (χ3n) is 2.40. The molecule has 0 fully saturated rings. The van der Waals surface area contributed by atoms with Gasteiger partial charge in [-0.25, -0.2) is 9.59 Å². The zero-order chi connectivity index (χ0) is 14.3. The number of amides is 3. The first-order valence-corrected chi connectivity index (χ1v) is 5.72. The standard InChI is InChI=1S/C12H20N2O4/c1-8(2)7-9(3)14(4)12(18)13-10(15)5-6-11(16)17/h5-6,8-9H,7H2,1-4H3,(H,16,17)(H,13,15,18). The summed E-state index contributed by atoms with van der Waals surface area (Å²) in [5.74, 6) is -1.54. The Morgan fingerprint density at radius 2 is 1.78 bits per heavy atom. The van der Waals surface area contributed by atoms with E-state index in [1.165, 1.54) is 4.90 Å². The highest BCUT2D eigenvalue weighted by atomic mass is 16.4. The van der Waals surface area contributed by atoms with E-state index in [9.17, 15) is 14.4 Å². The van der Waals surface area contributed by atoms with Crippen molar-refractivity contribution in [3.63, 3.8) is 0 Å². The fourth-order valence-corrected chi connectivity index (χ4v) is 1.42. The van der Waals surface area contributed by atoms with Gasteiger partial charge in [0.05, 0.1) is 0 Å². The first kappa shape index (κ1) is 16.1. The van der Waals surface area contributed by atoms with Crippen LogP contribution in [0, 0.1) is 5.92 Å². The lowest BCUT2D eigenvalue weighted by atomic mass is 10.0. The minimum Gasteiger partial charge on any atom is -0.478 e. The lowest BCUT2D eigenvalue weighted by Crippen LogP contribution is -2.44. The van der Waals surface area contributed by atoms with E-state index in [0.717, 1.165) is 12.5 Å². The molecule has 1 atom stereocenters. The van der Waals surface area contributed by atoms with Gasteiger partial charge in [0.2, 0.25) is 0 Å². The van der Waals surface area contributed by atoms with Gasteiger partial charge in [-0.05, 0) is 19.3 Å². The van der Waals surface area contributed by atoms with Crippen molar-refractivity contribution in [2.75, 3.05) is 7.05 Å². The van der Waals surface area contributed by atoms with Crippen LogP contribution in [-0.4, -0.2) is 41.0 Å². The summed E-state index contributed by atoms with van der Waals surface area (Å²) in [7, 11) is 1.59. The normalized spacial score (nSPS) is 12.5. The molecule has 6 heteroatoms. The summed E-state index contributed by atoms with van der Waals surface area (Å²) >= 11 is 0. The van der Waals surface area contributed by atoms with Crippen LogP contribution in [0.1, 0.15) is 27.2 Å². The lowest BCUT2D eigenvalue weighted by Gasteiger charge is -2.25. The zero-order valence-electron chi connectivity index (χ0n) is 11.1. The van der Waals surface area contributed by atoms with Crippen LogP contribution in [0.2, 0.25) is 0 Å². The fraction of sp³-hybridized carbons (Fsp3) is 0.583. The fourth-order valence-electron chi connectivity index (χ4n) is 1.42. The first-order chi connectivity index (χ1) is 8.23. The number of nitrogens with one attached hydrogen (secondary N) is 1. The summed E-state index contributed by atoms with van der Waals surface area (Å²) in [5.41, 5.74) is 0. The van der Waals surface area contributed by atoms with Crippen LogP contribution in [0.25, 0.3) is 0 Å². The summed E-state index contributed by atoms with van der Waals surface area (Å²) in [4.78, 5) is 34.4. The summed E-state index contributed by atoms with van der Waals surface area (Å²) < 4.78 is 0. The number of hydrogen-bond acceptors (Lipinski definition) is 3. The van der Waals surface area contributed by atoms with Gasteiger partial charge in [-0.1, -0.05) is 13.8 Å². The SMILES string of the molecule is CC(C)CC(C)N(C)C(=O)NC(=O)C=CC(=O)O. The predicted molar refractivity (Wildman–Crippen MR) is 67.0 cm³/mol. The van der Waals surface area contributed by atoms with Crippen molar-refractivity contribution in [1.29, 1.82) is 0 Å². The summed E-state index contributed by atoms with van der Waals surface area (Å²) in [6.07, 6.45) is 2.31. The van der Waals surface area contributed by atoms with Crippen LogP contribution >= 0.6 is 0 Å². The molecule has 0 saturated heterocycles. The van der Waals surface area contributed by atoms with Gasteiger partial charge in [0.25, 0.3) is 5.91 Å². The molecule has 0 saturated carbocycles. The second-order valence-electron chi connectivity index (χ2n) is 4.56. The second kappa shape index (κ2) is 7.47. The maximum Gasteiger partial charge on any atom is 0.328 e. The molecule has 0 bridgehead atoms. The molecule has 6 nitrogen and oxygen atoms in total. The molecule has 102 valence electrons. The Labute approximate surface area is 107 Å². The molecule has 0 aliphatic rings. The highest BCUT2D eigenvalue weighted by Crippen LogP contribution is 2.09. The second-order valence-corrected chi connectivity index (χ2v) is 4.56. The van der Waals surface area contributed by atoms with Gasteiger partial charge in [-0.3, -0.25) is 10.1 Å². The number of aliphatic carboxylic acids is 1. The lowest BCUT2D eigenvalue weighted by molar-refractivity contribution is -0.131. The number of urea groups is 1. The maximum atomic E-state index is 11.6. The van der Waals surface area contributed by atoms with Crippen LogP contribution in [-0.2, 0) is 9.59 Å². The number of hydrogen-bond donors (Lipinski definition) is 2. The molecule has 0 heterocycles. The van der Waals surface area contributed by atoms with Crippen LogP contribution in [0.4, 0.5) is 4.79 Å². The third-order valence-corrected chi connectivity index (χ3v) is 2.40. The Bertz CT molecular complexity index is 350. The van der Waals surface area contributed by atoms with Gasteiger partial charge >= 0.3 is 12.0 Å². The molecule has 2 N–H and O–H groups in total. The highest BCUT2D eigenvalue weighted by Gasteiger charge is 2.17. The minimum atomic E-state index is -1.24. The molecule has 0 spiro atoms. The number of carboxylic acids is 1. The first-order valence-electron chi connectivity index (χ1n) is 5.72. The number of carbonyl (C=O) groups is 3. The zero-order valence-corrected chi connectivity index (χ0v) is 11.1. The van der Waals surface area contributed by atoms with Gasteiger partial charge in [0.15, 0.2) is 0 Å². The van der Waals surface area contributed by atoms with Gasteiger partial charge < -0.3 is 10.0 Å². The highest BCUT2D eigenvalue weighted by molar-refractivity contribution is 6.02. The van der Waals surface area contributed by atoms with Gasteiger partial charge in [0.1, 0.15) is 0 Å². The molecule has 0 aromatic carbocycles. The Balaban J connectivity index is 4.31. The van der Waals surface area contributed by atoms with E-state index in [2.05, 4.69) is 5.32 Å². The topological polar surface area (TPSA) is 86.7 Å². The van der Waals surface area contributed by atoms with E-state index in [0.29, 0.717) is 12.0 Å². The molecule has 0 radical (unpaired) electrons. The van der Waals surface area contributed by atoms with Crippen molar-refractivity contribution in [2.24, 2.45) is 5.92 Å². The molecule has 3 amide bonds. The van der Waals surface area contributed by atoms with Crippen LogP contribution in [0.3, 0.4) is 0 Å². The largest absolute Gasteiger partial charge is 0.478 e. The van der Waals surface area contributed by atoms with Gasteiger partial charge in [-0.15, -0.1) is 0 Å². The monoisotopic (exact) mass is 256 g/mol. The van der Waals surface area contributed by atoms with Crippen molar-refractivity contribution in [2.45, 2.75) is 33.2 Å². The van der Waals surface area contributed by atoms with Crippen molar-refractivity contribution in [3.05, 3.63) is 12.2 Å². The van der Waals surface area contributed by atoms with Crippen molar-refractivity contribution in [3.8, 4) is 0 Å². The van der Waals surface area contributed by atoms with Crippen LogP contribution in [0.5, 0.6) is 0 Å². The number of nitrogens with zero attached hydrogens (tertiary/aromatic N) is 1. The number of carboxylic acid groups (broad SMARTS) is 1. The van der Waals surface area contributed by atoms with E-state index in [1.807, 2.05) is 20.8 Å². The summed E-state index contributed by atoms with van der Waals surface area (Å²) in [6.45, 7) is 5.98. The number of rotatable bonds is 5. The minimum absolute atomic E-state index is 0.00116. The predicted octanol–water partition coefficient (Wildman–Crippen LogP) is 1.23. The number of carbonyl (C=O) groups excluding carboxylic acids is 2. The van der Waals surface area contributed by atoms with Crippen molar-refractivity contribution >= 4 is 17.9 Å². The van der Waals surface area contributed by atoms with Crippen LogP contribution < -0.4 is 5.32 Å². The summed E-state index contributed by atoms with van der Waals surface area (Å²) in [5, 5.41) is 10.4. The van der Waals surface area contributed by atoms with E-state index >= 15 is 0 Å². The quantitative estimate of drug-likeness (QED) is 0.724. The molecule has 18 heavy (non-hydrogen) atoms. The molecule has 0 aromatic heterocycles. The molecule has 0 aromatic rings. The molecular weight excluding hydrogens is 236 g/mol. The van der Waals surface area contributed by atoms with E-state index < -0.39 is 17.9 Å². The average molecular weight is 256 g/mol. The van der Waals surface area contributed by atoms with Crippen molar-refractivity contribution in [1.82, 2.24) is 10.2 Å². The van der Waals surface area contributed by atoms with Crippen molar-refractivity contribution < 1.29 is 19.5 Å². The molecule has 0 aliphatic heterocycles. The molecule has 1 unspecified atom stereocenters. The summed E-state index contributed by atoms with van der Waals surface area (Å²) in [6, 6.07) is -0.538. The third kappa shape index (κ3) is 6.67. The van der Waals surface area contributed by atoms with Gasteiger partial charge in [-0.2, -0.15) is 0 Å². The Morgan fingerprint density at radius 3 is 2.22 bits per heavy atom. The Morgan fingerprint density at radius 1 is 1.22 bits per heavy atom. The molecule has 0 rings (SSSR count). The van der Waals surface area contributed by atoms with E-state index in [1.54, 1.807) is 7.05 Å². The van der Waals surface area contributed by atoms with E-state index in [4.69, 9.17) is 5.11 Å². The van der Waals surface area contributed by atoms with Crippen LogP contribution in [0.15, 0.2) is 12.2 Å². The Kier molecular flexibility index (Phi) is 6.70. The Hall–Kier alpha value is -1.85. The number of imide groups is 1. The molecular formula is C12H20N2O4. The van der Waals surface area contributed by atoms with E-state index in [-0.39, 0.29) is 6.04 Å². The van der Waals surface area contributed by atoms with Gasteiger partial charge in [0, 0.05) is 25.2 Å². The average Bonchev–Trinajstić information content (AvgIpc) is 2.24. The molecule has 0 aliphatic carbocycles. The maximum absolute atomic E-state index is 11.6.